The number of fused-ring (bicyclic) bond motifs is 1. The molecule has 1 aromatic heterocycles. The molecule has 3 nitrogen and oxygen atoms in total. The van der Waals surface area contributed by atoms with E-state index < -0.39 is 0 Å². The van der Waals surface area contributed by atoms with Crippen LogP contribution in [0, 0.1) is 0 Å². The molecule has 11 heavy (non-hydrogen) atoms. The standard InChI is InChI=1S/C7H9N3S/c8-7-5-3-11-2-1-6(5)9-4-10-7/h4H,1-3H2,(H2,8,9,10). The highest BCUT2D eigenvalue weighted by Crippen LogP contribution is 2.25. The molecular formula is C7H9N3S. The highest BCUT2D eigenvalue weighted by Gasteiger charge is 2.13. The summed E-state index contributed by atoms with van der Waals surface area (Å²) in [5, 5.41) is 0. The minimum absolute atomic E-state index is 0.655. The Bertz CT molecular complexity index is 274. The molecular weight excluding hydrogens is 158 g/mol. The van der Waals surface area contributed by atoms with Crippen molar-refractivity contribution in [2.75, 3.05) is 11.5 Å². The van der Waals surface area contributed by atoms with Gasteiger partial charge in [0.25, 0.3) is 0 Å². The number of rotatable bonds is 0. The predicted octanol–water partition coefficient (Wildman–Crippen LogP) is 0.848. The maximum absolute atomic E-state index is 5.68. The van der Waals surface area contributed by atoms with E-state index in [9.17, 15) is 0 Å². The second-order valence-corrected chi connectivity index (χ2v) is 3.59. The number of anilines is 1. The third kappa shape index (κ3) is 1.18. The normalized spacial score (nSPS) is 16.0. The van der Waals surface area contributed by atoms with Crippen molar-refractivity contribution in [1.82, 2.24) is 9.97 Å². The largest absolute Gasteiger partial charge is 0.383 e. The first kappa shape index (κ1) is 6.91. The average Bonchev–Trinajstić information content (AvgIpc) is 2.06. The lowest BCUT2D eigenvalue weighted by Gasteiger charge is -2.14. The minimum atomic E-state index is 0.655. The van der Waals surface area contributed by atoms with E-state index in [1.807, 2.05) is 11.8 Å². The molecule has 0 fully saturated rings. The molecule has 1 aliphatic heterocycles. The van der Waals surface area contributed by atoms with E-state index in [1.165, 1.54) is 0 Å². The molecule has 0 bridgehead atoms. The van der Waals surface area contributed by atoms with Crippen LogP contribution in [0.3, 0.4) is 0 Å². The lowest BCUT2D eigenvalue weighted by molar-refractivity contribution is 0.960. The number of nitrogen functional groups attached to an aromatic ring is 1. The summed E-state index contributed by atoms with van der Waals surface area (Å²) in [5.74, 6) is 2.79. The highest BCUT2D eigenvalue weighted by atomic mass is 32.2. The Hall–Kier alpha value is -0.770. The zero-order valence-electron chi connectivity index (χ0n) is 6.08. The summed E-state index contributed by atoms with van der Waals surface area (Å²) >= 11 is 1.89. The van der Waals surface area contributed by atoms with Gasteiger partial charge >= 0.3 is 0 Å². The van der Waals surface area contributed by atoms with Gasteiger partial charge in [-0.15, -0.1) is 0 Å². The SMILES string of the molecule is Nc1ncnc2c1CSCC2. The van der Waals surface area contributed by atoms with Crippen molar-refractivity contribution in [3.63, 3.8) is 0 Å². The molecule has 1 aromatic rings. The van der Waals surface area contributed by atoms with Crippen molar-refractivity contribution >= 4 is 17.6 Å². The van der Waals surface area contributed by atoms with Gasteiger partial charge < -0.3 is 5.73 Å². The van der Waals surface area contributed by atoms with Crippen molar-refractivity contribution in [3.8, 4) is 0 Å². The van der Waals surface area contributed by atoms with E-state index >= 15 is 0 Å². The molecule has 0 spiro atoms. The molecule has 2 rings (SSSR count). The van der Waals surface area contributed by atoms with E-state index in [0.29, 0.717) is 5.82 Å². The topological polar surface area (TPSA) is 51.8 Å². The molecule has 58 valence electrons. The Kier molecular flexibility index (Phi) is 1.69. The van der Waals surface area contributed by atoms with Crippen molar-refractivity contribution < 1.29 is 0 Å². The maximum Gasteiger partial charge on any atom is 0.131 e. The summed E-state index contributed by atoms with van der Waals surface area (Å²) in [6.07, 6.45) is 2.58. The molecule has 0 amide bonds. The van der Waals surface area contributed by atoms with E-state index in [2.05, 4.69) is 9.97 Å². The molecule has 0 saturated carbocycles. The van der Waals surface area contributed by atoms with Crippen LogP contribution in [0.4, 0.5) is 5.82 Å². The molecule has 0 saturated heterocycles. The van der Waals surface area contributed by atoms with Crippen molar-refractivity contribution in [3.05, 3.63) is 17.6 Å². The third-order valence-electron chi connectivity index (χ3n) is 1.80. The first-order valence-electron chi connectivity index (χ1n) is 3.54. The van der Waals surface area contributed by atoms with Crippen molar-refractivity contribution in [2.24, 2.45) is 0 Å². The van der Waals surface area contributed by atoms with Gasteiger partial charge in [0.05, 0.1) is 5.69 Å². The van der Waals surface area contributed by atoms with Crippen LogP contribution < -0.4 is 5.73 Å². The molecule has 1 aliphatic rings. The van der Waals surface area contributed by atoms with Gasteiger partial charge in [0.15, 0.2) is 0 Å². The fourth-order valence-electron chi connectivity index (χ4n) is 1.18. The lowest BCUT2D eigenvalue weighted by Crippen LogP contribution is -2.09. The Labute approximate surface area is 69.4 Å². The van der Waals surface area contributed by atoms with Gasteiger partial charge in [0, 0.05) is 11.3 Å². The van der Waals surface area contributed by atoms with Gasteiger partial charge in [-0.2, -0.15) is 11.8 Å². The first-order chi connectivity index (χ1) is 5.38. The number of nitrogens with two attached hydrogens (primary N) is 1. The first-order valence-corrected chi connectivity index (χ1v) is 4.69. The maximum atomic E-state index is 5.68. The van der Waals surface area contributed by atoms with E-state index in [4.69, 9.17) is 5.73 Å². The fraction of sp³-hybridized carbons (Fsp3) is 0.429. The Morgan fingerprint density at radius 3 is 3.18 bits per heavy atom. The van der Waals surface area contributed by atoms with Crippen LogP contribution in [0.25, 0.3) is 0 Å². The average molecular weight is 167 g/mol. The van der Waals surface area contributed by atoms with Gasteiger partial charge in [-0.25, -0.2) is 9.97 Å². The molecule has 0 radical (unpaired) electrons. The number of thioether (sulfide) groups is 1. The predicted molar refractivity (Wildman–Crippen MR) is 46.3 cm³/mol. The van der Waals surface area contributed by atoms with Gasteiger partial charge in [-0.3, -0.25) is 0 Å². The van der Waals surface area contributed by atoms with Gasteiger partial charge in [-0.05, 0) is 12.2 Å². The number of aromatic nitrogens is 2. The van der Waals surface area contributed by atoms with E-state index in [0.717, 1.165) is 29.2 Å². The zero-order valence-corrected chi connectivity index (χ0v) is 6.90. The Morgan fingerprint density at radius 1 is 1.45 bits per heavy atom. The van der Waals surface area contributed by atoms with Crippen LogP contribution in [0.15, 0.2) is 6.33 Å². The Morgan fingerprint density at radius 2 is 2.36 bits per heavy atom. The third-order valence-corrected chi connectivity index (χ3v) is 2.78. The molecule has 4 heteroatoms. The summed E-state index contributed by atoms with van der Waals surface area (Å²) in [6, 6.07) is 0. The minimum Gasteiger partial charge on any atom is -0.383 e. The zero-order chi connectivity index (χ0) is 7.68. The molecule has 0 aliphatic carbocycles. The fourth-order valence-corrected chi connectivity index (χ4v) is 2.18. The number of aryl methyl sites for hydroxylation is 1. The van der Waals surface area contributed by atoms with Crippen LogP contribution in [-0.4, -0.2) is 15.7 Å². The van der Waals surface area contributed by atoms with Gasteiger partial charge in [0.2, 0.25) is 0 Å². The van der Waals surface area contributed by atoms with Crippen LogP contribution in [0.5, 0.6) is 0 Å². The summed E-state index contributed by atoms with van der Waals surface area (Å²) in [4.78, 5) is 8.12. The summed E-state index contributed by atoms with van der Waals surface area (Å²) in [5.41, 5.74) is 7.95. The summed E-state index contributed by atoms with van der Waals surface area (Å²) in [6.45, 7) is 0. The van der Waals surface area contributed by atoms with E-state index in [-0.39, 0.29) is 0 Å². The smallest absolute Gasteiger partial charge is 0.131 e. The van der Waals surface area contributed by atoms with Crippen LogP contribution in [0.1, 0.15) is 11.3 Å². The second kappa shape index (κ2) is 2.70. The quantitative estimate of drug-likeness (QED) is 0.622. The summed E-state index contributed by atoms with van der Waals surface area (Å²) in [7, 11) is 0. The second-order valence-electron chi connectivity index (χ2n) is 2.49. The molecule has 0 unspecified atom stereocenters. The van der Waals surface area contributed by atoms with Crippen molar-refractivity contribution in [2.45, 2.75) is 12.2 Å². The number of hydrogen-bond acceptors (Lipinski definition) is 4. The molecule has 0 atom stereocenters. The molecule has 2 heterocycles. The van der Waals surface area contributed by atoms with Crippen LogP contribution >= 0.6 is 11.8 Å². The van der Waals surface area contributed by atoms with Crippen LogP contribution in [-0.2, 0) is 12.2 Å². The number of nitrogens with zero attached hydrogens (tertiary/aromatic N) is 2. The summed E-state index contributed by atoms with van der Waals surface area (Å²) < 4.78 is 0. The molecule has 2 N–H and O–H groups in total. The number of hydrogen-bond donors (Lipinski definition) is 1. The van der Waals surface area contributed by atoms with Gasteiger partial charge in [0.1, 0.15) is 12.1 Å². The lowest BCUT2D eigenvalue weighted by atomic mass is 10.2. The van der Waals surface area contributed by atoms with Crippen molar-refractivity contribution in [1.29, 1.82) is 0 Å². The van der Waals surface area contributed by atoms with Crippen LogP contribution in [0.2, 0.25) is 0 Å². The Balaban J connectivity index is 2.49. The monoisotopic (exact) mass is 167 g/mol. The van der Waals surface area contributed by atoms with E-state index in [1.54, 1.807) is 6.33 Å². The van der Waals surface area contributed by atoms with Gasteiger partial charge in [-0.1, -0.05) is 0 Å². The molecule has 0 aromatic carbocycles. The highest BCUT2D eigenvalue weighted by molar-refractivity contribution is 7.98.